The Kier molecular flexibility index (Phi) is 3.66. The Hall–Kier alpha value is -1.82. The van der Waals surface area contributed by atoms with Gasteiger partial charge in [0.05, 0.1) is 24.8 Å². The number of amides is 2. The Labute approximate surface area is 105 Å². The fourth-order valence-electron chi connectivity index (χ4n) is 2.22. The summed E-state index contributed by atoms with van der Waals surface area (Å²) in [6.45, 7) is 0. The first kappa shape index (κ1) is 12.6. The third-order valence-electron chi connectivity index (χ3n) is 3.13. The second kappa shape index (κ2) is 5.22. The zero-order chi connectivity index (χ0) is 13.1. The molecule has 5 N–H and O–H groups in total. The van der Waals surface area contributed by atoms with E-state index in [4.69, 9.17) is 15.9 Å². The van der Waals surface area contributed by atoms with E-state index < -0.39 is 11.9 Å². The number of carbonyl (C=O) groups is 2. The zero-order valence-corrected chi connectivity index (χ0v) is 10.0. The van der Waals surface area contributed by atoms with Crippen molar-refractivity contribution in [2.24, 2.45) is 11.5 Å². The summed E-state index contributed by atoms with van der Waals surface area (Å²) in [7, 11) is 0. The number of rotatable bonds is 4. The molecule has 0 radical (unpaired) electrons. The lowest BCUT2D eigenvalue weighted by molar-refractivity contribution is -0.126. The molecular formula is C12H17N3O3. The molecule has 1 aliphatic carbocycles. The lowest BCUT2D eigenvalue weighted by atomic mass is 9.93. The van der Waals surface area contributed by atoms with Crippen LogP contribution in [-0.4, -0.2) is 17.9 Å². The van der Waals surface area contributed by atoms with Crippen LogP contribution in [0.5, 0.6) is 0 Å². The number of nitrogens with one attached hydrogen (secondary N) is 1. The minimum absolute atomic E-state index is 0.0843. The number of aryl methyl sites for hydroxylation is 1. The van der Waals surface area contributed by atoms with Crippen LogP contribution in [0.25, 0.3) is 0 Å². The first-order valence-corrected chi connectivity index (χ1v) is 5.98. The van der Waals surface area contributed by atoms with Gasteiger partial charge < -0.3 is 21.2 Å². The van der Waals surface area contributed by atoms with Crippen LogP contribution in [0.3, 0.4) is 0 Å². The van der Waals surface area contributed by atoms with Gasteiger partial charge in [-0.25, -0.2) is 0 Å². The van der Waals surface area contributed by atoms with Gasteiger partial charge in [0.25, 0.3) is 0 Å². The number of nitrogens with two attached hydrogens (primary N) is 2. The highest BCUT2D eigenvalue weighted by molar-refractivity contribution is 5.87. The van der Waals surface area contributed by atoms with Crippen LogP contribution in [0.2, 0.25) is 0 Å². The number of primary amides is 1. The molecule has 0 aliphatic heterocycles. The van der Waals surface area contributed by atoms with Gasteiger partial charge in [0, 0.05) is 12.0 Å². The van der Waals surface area contributed by atoms with Crippen LogP contribution in [0.1, 0.15) is 36.6 Å². The molecule has 2 amide bonds. The van der Waals surface area contributed by atoms with Gasteiger partial charge in [-0.05, 0) is 18.9 Å². The zero-order valence-electron chi connectivity index (χ0n) is 10.0. The minimum Gasteiger partial charge on any atom is -0.469 e. The molecular weight excluding hydrogens is 234 g/mol. The average Bonchev–Trinajstić information content (AvgIpc) is 2.77. The number of fused-ring (bicyclic) bond motifs is 1. The molecule has 6 heteroatoms. The molecule has 2 atom stereocenters. The van der Waals surface area contributed by atoms with Crippen LogP contribution in [-0.2, 0) is 16.0 Å². The van der Waals surface area contributed by atoms with Crippen molar-refractivity contribution >= 4 is 11.8 Å². The summed E-state index contributed by atoms with van der Waals surface area (Å²) < 4.78 is 5.34. The van der Waals surface area contributed by atoms with Gasteiger partial charge in [-0.1, -0.05) is 0 Å². The number of furan rings is 1. The number of hydrogen-bond acceptors (Lipinski definition) is 4. The lowest BCUT2D eigenvalue weighted by Gasteiger charge is -2.24. The van der Waals surface area contributed by atoms with Crippen molar-refractivity contribution in [3.63, 3.8) is 0 Å². The summed E-state index contributed by atoms with van der Waals surface area (Å²) in [5.74, 6) is -0.0202. The average molecular weight is 251 g/mol. The van der Waals surface area contributed by atoms with Gasteiger partial charge in [-0.2, -0.15) is 0 Å². The molecule has 1 aromatic rings. The van der Waals surface area contributed by atoms with Gasteiger partial charge in [0.1, 0.15) is 5.76 Å². The maximum absolute atomic E-state index is 11.8. The predicted molar refractivity (Wildman–Crippen MR) is 64.3 cm³/mol. The fraction of sp³-hybridized carbons (Fsp3) is 0.500. The molecule has 0 saturated heterocycles. The van der Waals surface area contributed by atoms with E-state index >= 15 is 0 Å². The van der Waals surface area contributed by atoms with Gasteiger partial charge in [-0.3, -0.25) is 9.59 Å². The van der Waals surface area contributed by atoms with E-state index in [-0.39, 0.29) is 18.4 Å². The Morgan fingerprint density at radius 2 is 2.33 bits per heavy atom. The fourth-order valence-corrected chi connectivity index (χ4v) is 2.22. The number of hydrogen-bond donors (Lipinski definition) is 3. The first-order chi connectivity index (χ1) is 8.58. The topological polar surface area (TPSA) is 111 Å². The van der Waals surface area contributed by atoms with Crippen LogP contribution in [0.15, 0.2) is 16.7 Å². The van der Waals surface area contributed by atoms with Crippen LogP contribution >= 0.6 is 0 Å². The summed E-state index contributed by atoms with van der Waals surface area (Å²) >= 11 is 0. The largest absolute Gasteiger partial charge is 0.469 e. The smallest absolute Gasteiger partial charge is 0.237 e. The molecule has 1 heterocycles. The predicted octanol–water partition coefficient (Wildman–Crippen LogP) is -0.0241. The highest BCUT2D eigenvalue weighted by Crippen LogP contribution is 2.30. The van der Waals surface area contributed by atoms with Crippen LogP contribution in [0.4, 0.5) is 0 Å². The van der Waals surface area contributed by atoms with E-state index in [1.807, 2.05) is 6.07 Å². The van der Waals surface area contributed by atoms with Crippen LogP contribution < -0.4 is 16.8 Å². The van der Waals surface area contributed by atoms with Crippen molar-refractivity contribution in [3.8, 4) is 0 Å². The van der Waals surface area contributed by atoms with E-state index in [1.165, 1.54) is 0 Å². The van der Waals surface area contributed by atoms with Crippen molar-refractivity contribution in [1.82, 2.24) is 5.32 Å². The van der Waals surface area contributed by atoms with E-state index in [0.717, 1.165) is 30.6 Å². The van der Waals surface area contributed by atoms with Crippen molar-refractivity contribution in [2.45, 2.75) is 37.8 Å². The molecule has 0 aromatic carbocycles. The van der Waals surface area contributed by atoms with Crippen LogP contribution in [0, 0.1) is 0 Å². The number of carbonyl (C=O) groups excluding carboxylic acids is 2. The van der Waals surface area contributed by atoms with Crippen molar-refractivity contribution in [3.05, 3.63) is 23.7 Å². The molecule has 2 unspecified atom stereocenters. The Balaban J connectivity index is 1.99. The van der Waals surface area contributed by atoms with E-state index in [0.29, 0.717) is 0 Å². The summed E-state index contributed by atoms with van der Waals surface area (Å²) in [6.07, 6.45) is 4.18. The molecule has 1 aromatic heterocycles. The first-order valence-electron chi connectivity index (χ1n) is 5.98. The second-order valence-corrected chi connectivity index (χ2v) is 4.53. The quantitative estimate of drug-likeness (QED) is 0.698. The SMILES string of the molecule is NC(=O)CC(N)C(=O)NC1CCCc2occc21. The standard InChI is InChI=1S/C12H17N3O3/c13-8(6-11(14)16)12(17)15-9-2-1-3-10-7(9)4-5-18-10/h4-5,8-9H,1-3,6,13H2,(H2,14,16)(H,15,17). The third-order valence-corrected chi connectivity index (χ3v) is 3.13. The van der Waals surface area contributed by atoms with Gasteiger partial charge in [0.15, 0.2) is 0 Å². The summed E-state index contributed by atoms with van der Waals surface area (Å²) in [5.41, 5.74) is 11.6. The highest BCUT2D eigenvalue weighted by atomic mass is 16.3. The minimum atomic E-state index is -0.889. The third kappa shape index (κ3) is 2.70. The van der Waals surface area contributed by atoms with Crippen molar-refractivity contribution in [2.75, 3.05) is 0 Å². The highest BCUT2D eigenvalue weighted by Gasteiger charge is 2.26. The lowest BCUT2D eigenvalue weighted by Crippen LogP contribution is -2.44. The van der Waals surface area contributed by atoms with E-state index in [1.54, 1.807) is 6.26 Å². The normalized spacial score (nSPS) is 19.9. The van der Waals surface area contributed by atoms with Crippen molar-refractivity contribution < 1.29 is 14.0 Å². The molecule has 1 aliphatic rings. The van der Waals surface area contributed by atoms with E-state index in [9.17, 15) is 9.59 Å². The maximum Gasteiger partial charge on any atom is 0.237 e. The molecule has 6 nitrogen and oxygen atoms in total. The Bertz CT molecular complexity index is 455. The summed E-state index contributed by atoms with van der Waals surface area (Å²) in [5, 5.41) is 2.83. The molecule has 0 fully saturated rings. The summed E-state index contributed by atoms with van der Waals surface area (Å²) in [6, 6.07) is 0.887. The van der Waals surface area contributed by atoms with Gasteiger partial charge in [-0.15, -0.1) is 0 Å². The molecule has 18 heavy (non-hydrogen) atoms. The molecule has 2 rings (SSSR count). The monoisotopic (exact) mass is 251 g/mol. The summed E-state index contributed by atoms with van der Waals surface area (Å²) in [4.78, 5) is 22.5. The molecule has 98 valence electrons. The van der Waals surface area contributed by atoms with Gasteiger partial charge >= 0.3 is 0 Å². The maximum atomic E-state index is 11.8. The second-order valence-electron chi connectivity index (χ2n) is 4.53. The Morgan fingerprint density at radius 3 is 3.06 bits per heavy atom. The molecule has 0 saturated carbocycles. The Morgan fingerprint density at radius 1 is 1.56 bits per heavy atom. The van der Waals surface area contributed by atoms with Gasteiger partial charge in [0.2, 0.25) is 11.8 Å². The molecule has 0 spiro atoms. The molecule has 0 bridgehead atoms. The van der Waals surface area contributed by atoms with E-state index in [2.05, 4.69) is 5.32 Å². The van der Waals surface area contributed by atoms with Crippen molar-refractivity contribution in [1.29, 1.82) is 0 Å².